The van der Waals surface area contributed by atoms with Crippen LogP contribution in [0.15, 0.2) is 51.8 Å². The lowest BCUT2D eigenvalue weighted by Gasteiger charge is -1.98. The van der Waals surface area contributed by atoms with E-state index in [4.69, 9.17) is 4.42 Å². The first-order chi connectivity index (χ1) is 7.83. The van der Waals surface area contributed by atoms with Crippen molar-refractivity contribution in [2.75, 3.05) is 0 Å². The van der Waals surface area contributed by atoms with Crippen molar-refractivity contribution in [2.45, 2.75) is 0 Å². The van der Waals surface area contributed by atoms with Crippen LogP contribution in [0, 0.1) is 0 Å². The van der Waals surface area contributed by atoms with Crippen LogP contribution in [0.5, 0.6) is 0 Å². The molecule has 0 radical (unpaired) electrons. The Labute approximate surface area is 90.6 Å². The quantitative estimate of drug-likeness (QED) is 0.672. The summed E-state index contributed by atoms with van der Waals surface area (Å²) in [5, 5.41) is 0. The highest BCUT2D eigenvalue weighted by atomic mass is 16.4. The second-order valence-electron chi connectivity index (χ2n) is 3.44. The summed E-state index contributed by atoms with van der Waals surface area (Å²) in [6.45, 7) is 0. The molecule has 0 aliphatic carbocycles. The average Bonchev–Trinajstić information content (AvgIpc) is 2.69. The zero-order valence-electron chi connectivity index (χ0n) is 8.31. The van der Waals surface area contributed by atoms with Gasteiger partial charge in [0.15, 0.2) is 5.58 Å². The molecule has 0 aliphatic rings. The zero-order valence-corrected chi connectivity index (χ0v) is 8.31. The van der Waals surface area contributed by atoms with E-state index in [1.165, 1.54) is 0 Å². The molecule has 0 spiro atoms. The minimum atomic E-state index is -0.437. The van der Waals surface area contributed by atoms with Crippen molar-refractivity contribution in [1.82, 2.24) is 9.97 Å². The van der Waals surface area contributed by atoms with E-state index in [0.717, 1.165) is 11.3 Å². The van der Waals surface area contributed by atoms with Gasteiger partial charge in [-0.15, -0.1) is 0 Å². The van der Waals surface area contributed by atoms with Crippen molar-refractivity contribution in [3.8, 4) is 11.3 Å². The van der Waals surface area contributed by atoms with Crippen LogP contribution in [0.3, 0.4) is 0 Å². The number of hydrogen-bond donors (Lipinski definition) is 1. The lowest BCUT2D eigenvalue weighted by Crippen LogP contribution is -1.92. The molecule has 0 fully saturated rings. The van der Waals surface area contributed by atoms with E-state index in [2.05, 4.69) is 9.97 Å². The molecule has 2 heterocycles. The zero-order chi connectivity index (χ0) is 11.0. The number of hydrogen-bond acceptors (Lipinski definition) is 3. The van der Waals surface area contributed by atoms with Crippen molar-refractivity contribution in [3.63, 3.8) is 0 Å². The fourth-order valence-electron chi connectivity index (χ4n) is 1.64. The summed E-state index contributed by atoms with van der Waals surface area (Å²) in [5.41, 5.74) is 3.06. The maximum absolute atomic E-state index is 11.0. The van der Waals surface area contributed by atoms with Crippen LogP contribution in [-0.4, -0.2) is 9.97 Å². The first kappa shape index (κ1) is 8.91. The molecular formula is C12H8N2O2. The molecule has 4 heteroatoms. The molecule has 0 amide bonds. The van der Waals surface area contributed by atoms with E-state index < -0.39 is 5.76 Å². The average molecular weight is 212 g/mol. The van der Waals surface area contributed by atoms with Crippen LogP contribution in [0.4, 0.5) is 0 Å². The number of aromatic nitrogens is 2. The van der Waals surface area contributed by atoms with Crippen LogP contribution < -0.4 is 5.76 Å². The molecule has 3 aromatic rings. The van der Waals surface area contributed by atoms with Crippen LogP contribution in [0.25, 0.3) is 22.4 Å². The molecule has 1 aromatic carbocycles. The number of aromatic amines is 1. The summed E-state index contributed by atoms with van der Waals surface area (Å²) in [4.78, 5) is 17.9. The highest BCUT2D eigenvalue weighted by molar-refractivity contribution is 5.78. The molecule has 1 N–H and O–H groups in total. The Bertz CT molecular complexity index is 683. The van der Waals surface area contributed by atoms with Gasteiger partial charge in [-0.05, 0) is 30.3 Å². The Morgan fingerprint density at radius 1 is 1.19 bits per heavy atom. The monoisotopic (exact) mass is 212 g/mol. The third kappa shape index (κ3) is 1.40. The summed E-state index contributed by atoms with van der Waals surface area (Å²) in [5.74, 6) is -0.437. The van der Waals surface area contributed by atoms with E-state index >= 15 is 0 Å². The van der Waals surface area contributed by atoms with Gasteiger partial charge in [-0.25, -0.2) is 4.79 Å². The number of H-pyrrole nitrogens is 1. The smallest absolute Gasteiger partial charge is 0.408 e. The Morgan fingerprint density at radius 2 is 2.12 bits per heavy atom. The molecular weight excluding hydrogens is 204 g/mol. The molecule has 78 valence electrons. The summed E-state index contributed by atoms with van der Waals surface area (Å²) in [7, 11) is 0. The standard InChI is InChI=1S/C12H8N2O2/c15-12-14-10-7-8(4-5-11(10)16-12)9-3-1-2-6-13-9/h1-7H,(H,14,15). The number of nitrogens with one attached hydrogen (secondary N) is 1. The Kier molecular flexibility index (Phi) is 1.86. The number of fused-ring (bicyclic) bond motifs is 1. The highest BCUT2D eigenvalue weighted by Gasteiger charge is 2.03. The topological polar surface area (TPSA) is 58.9 Å². The van der Waals surface area contributed by atoms with Gasteiger partial charge in [0, 0.05) is 11.8 Å². The van der Waals surface area contributed by atoms with Crippen LogP contribution >= 0.6 is 0 Å². The number of pyridine rings is 1. The van der Waals surface area contributed by atoms with Gasteiger partial charge in [0.05, 0.1) is 11.2 Å². The van der Waals surface area contributed by atoms with Gasteiger partial charge in [0.2, 0.25) is 0 Å². The van der Waals surface area contributed by atoms with Crippen molar-refractivity contribution in [3.05, 3.63) is 53.1 Å². The minimum absolute atomic E-state index is 0.437. The summed E-state index contributed by atoms with van der Waals surface area (Å²) in [6.07, 6.45) is 1.73. The van der Waals surface area contributed by atoms with Crippen LogP contribution in [0.1, 0.15) is 0 Å². The Hall–Kier alpha value is -2.36. The predicted octanol–water partition coefficient (Wildman–Crippen LogP) is 2.18. The van der Waals surface area contributed by atoms with E-state index in [9.17, 15) is 4.79 Å². The highest BCUT2D eigenvalue weighted by Crippen LogP contribution is 2.20. The predicted molar refractivity (Wildman–Crippen MR) is 60.1 cm³/mol. The number of rotatable bonds is 1. The maximum Gasteiger partial charge on any atom is 0.417 e. The molecule has 0 unspecified atom stereocenters. The van der Waals surface area contributed by atoms with Gasteiger partial charge < -0.3 is 4.42 Å². The van der Waals surface area contributed by atoms with E-state index in [1.54, 1.807) is 12.3 Å². The molecule has 0 saturated carbocycles. The van der Waals surface area contributed by atoms with Crippen LogP contribution in [-0.2, 0) is 0 Å². The van der Waals surface area contributed by atoms with E-state index in [-0.39, 0.29) is 0 Å². The number of nitrogens with zero attached hydrogens (tertiary/aromatic N) is 1. The second kappa shape index (κ2) is 3.34. The fourth-order valence-corrected chi connectivity index (χ4v) is 1.64. The maximum atomic E-state index is 11.0. The Morgan fingerprint density at radius 3 is 2.94 bits per heavy atom. The van der Waals surface area contributed by atoms with Gasteiger partial charge in [-0.3, -0.25) is 9.97 Å². The molecule has 3 rings (SSSR count). The lowest BCUT2D eigenvalue weighted by molar-refractivity contribution is 0.555. The minimum Gasteiger partial charge on any atom is -0.408 e. The van der Waals surface area contributed by atoms with Gasteiger partial charge in [0.25, 0.3) is 0 Å². The summed E-state index contributed by atoms with van der Waals surface area (Å²) < 4.78 is 4.93. The molecule has 0 bridgehead atoms. The Balaban J connectivity index is 2.22. The number of oxazole rings is 1. The first-order valence-electron chi connectivity index (χ1n) is 4.87. The van der Waals surface area contributed by atoms with Gasteiger partial charge in [-0.2, -0.15) is 0 Å². The third-order valence-electron chi connectivity index (χ3n) is 2.38. The molecule has 2 aromatic heterocycles. The second-order valence-corrected chi connectivity index (χ2v) is 3.44. The van der Waals surface area contributed by atoms with Gasteiger partial charge >= 0.3 is 5.76 Å². The van der Waals surface area contributed by atoms with Crippen LogP contribution in [0.2, 0.25) is 0 Å². The summed E-state index contributed by atoms with van der Waals surface area (Å²) in [6, 6.07) is 11.2. The number of benzene rings is 1. The normalized spacial score (nSPS) is 10.8. The molecule has 0 aliphatic heterocycles. The molecule has 0 saturated heterocycles. The van der Waals surface area contributed by atoms with E-state index in [1.807, 2.05) is 30.3 Å². The molecule has 0 atom stereocenters. The summed E-state index contributed by atoms with van der Waals surface area (Å²) >= 11 is 0. The van der Waals surface area contributed by atoms with Crippen molar-refractivity contribution in [1.29, 1.82) is 0 Å². The molecule has 16 heavy (non-hydrogen) atoms. The van der Waals surface area contributed by atoms with Gasteiger partial charge in [0.1, 0.15) is 0 Å². The largest absolute Gasteiger partial charge is 0.417 e. The van der Waals surface area contributed by atoms with Crippen molar-refractivity contribution in [2.24, 2.45) is 0 Å². The van der Waals surface area contributed by atoms with Crippen molar-refractivity contribution < 1.29 is 4.42 Å². The van der Waals surface area contributed by atoms with E-state index in [0.29, 0.717) is 11.1 Å². The first-order valence-corrected chi connectivity index (χ1v) is 4.87. The third-order valence-corrected chi connectivity index (χ3v) is 2.38. The fraction of sp³-hybridized carbons (Fsp3) is 0. The van der Waals surface area contributed by atoms with Crippen molar-refractivity contribution >= 4 is 11.1 Å². The van der Waals surface area contributed by atoms with Gasteiger partial charge in [-0.1, -0.05) is 6.07 Å². The molecule has 4 nitrogen and oxygen atoms in total. The SMILES string of the molecule is O=c1[nH]c2cc(-c3ccccn3)ccc2o1. The lowest BCUT2D eigenvalue weighted by atomic mass is 10.1.